The van der Waals surface area contributed by atoms with Crippen molar-refractivity contribution in [1.82, 2.24) is 0 Å². The second-order valence-corrected chi connectivity index (χ2v) is 5.62. The summed E-state index contributed by atoms with van der Waals surface area (Å²) in [5, 5.41) is 0.774. The standard InChI is InChI=1S/C17H16ClNO/c18-17-10-19-7-6-16(17)15-3-1-2-13-8-12(11-20)4-5-14(13)9-15/h4-5,8-11H,1-3,6-7H2. The maximum absolute atomic E-state index is 10.9. The molecule has 3 heteroatoms. The molecule has 1 aliphatic heterocycles. The van der Waals surface area contributed by atoms with Gasteiger partial charge in [-0.05, 0) is 54.0 Å². The van der Waals surface area contributed by atoms with Crippen molar-refractivity contribution in [3.63, 3.8) is 0 Å². The van der Waals surface area contributed by atoms with Gasteiger partial charge in [0, 0.05) is 18.3 Å². The van der Waals surface area contributed by atoms with Crippen molar-refractivity contribution in [2.24, 2.45) is 4.99 Å². The summed E-state index contributed by atoms with van der Waals surface area (Å²) >= 11 is 6.29. The smallest absolute Gasteiger partial charge is 0.150 e. The van der Waals surface area contributed by atoms with Crippen molar-refractivity contribution in [1.29, 1.82) is 0 Å². The first-order valence-electron chi connectivity index (χ1n) is 6.95. The molecule has 0 saturated heterocycles. The highest BCUT2D eigenvalue weighted by Crippen LogP contribution is 2.32. The van der Waals surface area contributed by atoms with Gasteiger partial charge >= 0.3 is 0 Å². The molecular formula is C17H16ClNO. The van der Waals surface area contributed by atoms with Gasteiger partial charge in [-0.2, -0.15) is 0 Å². The van der Waals surface area contributed by atoms with E-state index in [1.807, 2.05) is 18.2 Å². The lowest BCUT2D eigenvalue weighted by Gasteiger charge is -2.14. The Bertz CT molecular complexity index is 640. The topological polar surface area (TPSA) is 29.4 Å². The lowest BCUT2D eigenvalue weighted by Crippen LogP contribution is -2.01. The summed E-state index contributed by atoms with van der Waals surface area (Å²) in [6.07, 6.45) is 8.96. The lowest BCUT2D eigenvalue weighted by molar-refractivity contribution is 0.112. The van der Waals surface area contributed by atoms with Crippen LogP contribution in [0.5, 0.6) is 0 Å². The number of aldehydes is 1. The molecule has 0 atom stereocenters. The van der Waals surface area contributed by atoms with Crippen LogP contribution in [-0.4, -0.2) is 19.0 Å². The van der Waals surface area contributed by atoms with Gasteiger partial charge in [0.25, 0.3) is 0 Å². The van der Waals surface area contributed by atoms with Crippen molar-refractivity contribution in [2.75, 3.05) is 6.54 Å². The molecule has 0 spiro atoms. The first-order chi connectivity index (χ1) is 9.78. The second-order valence-electron chi connectivity index (χ2n) is 5.21. The average Bonchev–Trinajstić information content (AvgIpc) is 2.69. The molecule has 0 bridgehead atoms. The molecule has 1 aromatic rings. The molecule has 2 nitrogen and oxygen atoms in total. The largest absolute Gasteiger partial charge is 0.298 e. The third-order valence-corrected chi connectivity index (χ3v) is 4.22. The van der Waals surface area contributed by atoms with Crippen molar-refractivity contribution in [3.8, 4) is 0 Å². The highest BCUT2D eigenvalue weighted by molar-refractivity contribution is 6.40. The zero-order valence-corrected chi connectivity index (χ0v) is 12.0. The predicted molar refractivity (Wildman–Crippen MR) is 83.6 cm³/mol. The number of carbonyl (C=O) groups excluding carboxylic acids is 1. The van der Waals surface area contributed by atoms with E-state index < -0.39 is 0 Å². The first kappa shape index (κ1) is 13.3. The van der Waals surface area contributed by atoms with Gasteiger partial charge in [0.15, 0.2) is 0 Å². The fourth-order valence-electron chi connectivity index (χ4n) is 2.86. The maximum Gasteiger partial charge on any atom is 0.150 e. The number of hydrogen-bond donors (Lipinski definition) is 0. The Hall–Kier alpha value is -1.67. The lowest BCUT2D eigenvalue weighted by atomic mass is 9.96. The van der Waals surface area contributed by atoms with Gasteiger partial charge < -0.3 is 0 Å². The van der Waals surface area contributed by atoms with E-state index in [0.717, 1.165) is 49.1 Å². The van der Waals surface area contributed by atoms with Gasteiger partial charge in [0.1, 0.15) is 6.29 Å². The maximum atomic E-state index is 10.9. The summed E-state index contributed by atoms with van der Waals surface area (Å²) < 4.78 is 0. The number of allylic oxidation sites excluding steroid dienone is 2. The summed E-state index contributed by atoms with van der Waals surface area (Å²) in [7, 11) is 0. The van der Waals surface area contributed by atoms with Crippen LogP contribution in [0.15, 0.2) is 39.4 Å². The van der Waals surface area contributed by atoms with E-state index in [2.05, 4.69) is 11.1 Å². The third-order valence-electron chi connectivity index (χ3n) is 3.90. The summed E-state index contributed by atoms with van der Waals surface area (Å²) in [5.74, 6) is 0. The van der Waals surface area contributed by atoms with Crippen LogP contribution in [-0.2, 0) is 6.42 Å². The number of fused-ring (bicyclic) bond motifs is 1. The molecule has 0 aromatic heterocycles. The Morgan fingerprint density at radius 1 is 1.20 bits per heavy atom. The number of dihydropyridines is 1. The van der Waals surface area contributed by atoms with Gasteiger partial charge in [-0.15, -0.1) is 0 Å². The molecule has 2 aliphatic rings. The molecule has 0 amide bonds. The predicted octanol–water partition coefficient (Wildman–Crippen LogP) is 4.19. The molecule has 1 aromatic carbocycles. The van der Waals surface area contributed by atoms with Crippen LogP contribution in [0.1, 0.15) is 40.7 Å². The summed E-state index contributed by atoms with van der Waals surface area (Å²) in [5.41, 5.74) is 5.77. The minimum atomic E-state index is 0.752. The number of aryl methyl sites for hydroxylation is 1. The van der Waals surface area contributed by atoms with Crippen LogP contribution in [0.4, 0.5) is 0 Å². The molecule has 3 rings (SSSR count). The summed E-state index contributed by atoms with van der Waals surface area (Å²) in [4.78, 5) is 15.1. The first-order valence-corrected chi connectivity index (χ1v) is 7.33. The van der Waals surface area contributed by atoms with Crippen LogP contribution in [0.25, 0.3) is 6.08 Å². The number of rotatable bonds is 2. The van der Waals surface area contributed by atoms with E-state index in [-0.39, 0.29) is 0 Å². The van der Waals surface area contributed by atoms with Gasteiger partial charge in [0.2, 0.25) is 0 Å². The Morgan fingerprint density at radius 2 is 2.10 bits per heavy atom. The minimum absolute atomic E-state index is 0.752. The molecule has 1 aliphatic carbocycles. The fourth-order valence-corrected chi connectivity index (χ4v) is 3.14. The zero-order valence-electron chi connectivity index (χ0n) is 11.2. The molecular weight excluding hydrogens is 270 g/mol. The highest BCUT2D eigenvalue weighted by Gasteiger charge is 2.16. The van der Waals surface area contributed by atoms with Gasteiger partial charge in [-0.1, -0.05) is 29.8 Å². The van der Waals surface area contributed by atoms with Crippen LogP contribution >= 0.6 is 11.6 Å². The van der Waals surface area contributed by atoms with E-state index in [9.17, 15) is 4.79 Å². The highest BCUT2D eigenvalue weighted by atomic mass is 35.5. The van der Waals surface area contributed by atoms with E-state index in [0.29, 0.717) is 0 Å². The fraction of sp³-hybridized carbons (Fsp3) is 0.294. The molecule has 0 unspecified atom stereocenters. The van der Waals surface area contributed by atoms with Crippen molar-refractivity contribution in [3.05, 3.63) is 51.1 Å². The molecule has 0 saturated carbocycles. The van der Waals surface area contributed by atoms with E-state index in [1.165, 1.54) is 22.3 Å². The molecule has 0 N–H and O–H groups in total. The number of nitrogens with zero attached hydrogens (tertiary/aromatic N) is 1. The van der Waals surface area contributed by atoms with E-state index in [1.54, 1.807) is 6.21 Å². The summed E-state index contributed by atoms with van der Waals surface area (Å²) in [6.45, 7) is 0.819. The second kappa shape index (κ2) is 5.76. The number of aliphatic imine (C=N–C) groups is 1. The summed E-state index contributed by atoms with van der Waals surface area (Å²) in [6, 6.07) is 5.92. The van der Waals surface area contributed by atoms with Crippen LogP contribution in [0.2, 0.25) is 0 Å². The van der Waals surface area contributed by atoms with Gasteiger partial charge in [-0.25, -0.2) is 0 Å². The van der Waals surface area contributed by atoms with Crippen LogP contribution in [0, 0.1) is 0 Å². The van der Waals surface area contributed by atoms with Gasteiger partial charge in [-0.3, -0.25) is 9.79 Å². The quantitative estimate of drug-likeness (QED) is 0.749. The molecule has 102 valence electrons. The minimum Gasteiger partial charge on any atom is -0.298 e. The number of hydrogen-bond acceptors (Lipinski definition) is 2. The normalized spacial score (nSPS) is 18.4. The third kappa shape index (κ3) is 2.61. The number of halogens is 1. The van der Waals surface area contributed by atoms with Crippen molar-refractivity contribution < 1.29 is 4.79 Å². The van der Waals surface area contributed by atoms with Crippen molar-refractivity contribution in [2.45, 2.75) is 25.7 Å². The SMILES string of the molecule is O=Cc1ccc2c(c1)CCCC(C1=C(Cl)C=NCC1)=C2. The zero-order chi connectivity index (χ0) is 13.9. The Morgan fingerprint density at radius 3 is 2.90 bits per heavy atom. The number of benzene rings is 1. The molecule has 0 radical (unpaired) electrons. The molecule has 20 heavy (non-hydrogen) atoms. The van der Waals surface area contributed by atoms with E-state index in [4.69, 9.17) is 11.6 Å². The Labute approximate surface area is 123 Å². The molecule has 1 heterocycles. The average molecular weight is 286 g/mol. The Kier molecular flexibility index (Phi) is 3.83. The van der Waals surface area contributed by atoms with Crippen LogP contribution in [0.3, 0.4) is 0 Å². The van der Waals surface area contributed by atoms with E-state index >= 15 is 0 Å². The number of carbonyl (C=O) groups is 1. The van der Waals surface area contributed by atoms with Gasteiger partial charge in [0.05, 0.1) is 5.03 Å². The van der Waals surface area contributed by atoms with Crippen molar-refractivity contribution >= 4 is 30.2 Å². The monoisotopic (exact) mass is 285 g/mol. The Balaban J connectivity index is 2.03. The van der Waals surface area contributed by atoms with Crippen LogP contribution < -0.4 is 0 Å². The molecule has 0 fully saturated rings.